The first-order valence-corrected chi connectivity index (χ1v) is 6.12. The van der Waals surface area contributed by atoms with Crippen LogP contribution in [0, 0.1) is 20.8 Å². The van der Waals surface area contributed by atoms with Crippen molar-refractivity contribution in [1.82, 2.24) is 0 Å². The Kier molecular flexibility index (Phi) is 3.56. The number of hydrogen-bond donors (Lipinski definition) is 1. The normalized spacial score (nSPS) is 10.4. The summed E-state index contributed by atoms with van der Waals surface area (Å²) in [5.74, 6) is 0.900. The zero-order chi connectivity index (χ0) is 13.1. The maximum atomic E-state index is 5.91. The Hall–Kier alpha value is -1.96. The molecule has 0 aliphatic carbocycles. The third-order valence-corrected chi connectivity index (χ3v) is 3.11. The molecule has 0 amide bonds. The van der Waals surface area contributed by atoms with Gasteiger partial charge in [0.05, 0.1) is 0 Å². The number of ether oxygens (including phenoxy) is 1. The van der Waals surface area contributed by atoms with E-state index in [1.165, 1.54) is 11.1 Å². The van der Waals surface area contributed by atoms with E-state index in [9.17, 15) is 0 Å². The minimum Gasteiger partial charge on any atom is -0.488 e. The highest BCUT2D eigenvalue weighted by molar-refractivity contribution is 5.56. The second-order valence-electron chi connectivity index (χ2n) is 4.70. The smallest absolute Gasteiger partial charge is 0.127 e. The van der Waals surface area contributed by atoms with Crippen molar-refractivity contribution in [3.05, 3.63) is 58.7 Å². The standard InChI is InChI=1S/C16H19NO/c1-11-5-4-6-14(9-11)10-18-16-12(2)7-8-15(17)13(16)3/h4-9H,10,17H2,1-3H3. The molecule has 0 aliphatic rings. The molecule has 94 valence electrons. The molecular weight excluding hydrogens is 222 g/mol. The molecule has 2 heteroatoms. The van der Waals surface area contributed by atoms with Crippen molar-refractivity contribution in [3.8, 4) is 5.75 Å². The molecule has 2 rings (SSSR count). The summed E-state index contributed by atoms with van der Waals surface area (Å²) in [6.07, 6.45) is 0. The number of nitrogens with two attached hydrogens (primary N) is 1. The fourth-order valence-corrected chi connectivity index (χ4v) is 2.02. The number of nitrogen functional groups attached to an aromatic ring is 1. The topological polar surface area (TPSA) is 35.2 Å². The van der Waals surface area contributed by atoms with Crippen molar-refractivity contribution < 1.29 is 4.74 Å². The Balaban J connectivity index is 2.18. The van der Waals surface area contributed by atoms with Gasteiger partial charge in [-0.05, 0) is 38.0 Å². The van der Waals surface area contributed by atoms with Crippen LogP contribution in [0.1, 0.15) is 22.3 Å². The maximum absolute atomic E-state index is 5.91. The largest absolute Gasteiger partial charge is 0.488 e. The Morgan fingerprint density at radius 3 is 2.56 bits per heavy atom. The van der Waals surface area contributed by atoms with Crippen LogP contribution in [0.4, 0.5) is 5.69 Å². The molecule has 0 spiro atoms. The van der Waals surface area contributed by atoms with Gasteiger partial charge in [-0.15, -0.1) is 0 Å². The molecule has 2 aromatic carbocycles. The van der Waals surface area contributed by atoms with Gasteiger partial charge in [-0.3, -0.25) is 0 Å². The van der Waals surface area contributed by atoms with Gasteiger partial charge in [0.1, 0.15) is 12.4 Å². The number of benzene rings is 2. The van der Waals surface area contributed by atoms with Crippen molar-refractivity contribution in [1.29, 1.82) is 0 Å². The van der Waals surface area contributed by atoms with E-state index in [1.54, 1.807) is 0 Å². The molecule has 0 heterocycles. The predicted octanol–water partition coefficient (Wildman–Crippen LogP) is 3.77. The van der Waals surface area contributed by atoms with E-state index in [2.05, 4.69) is 25.1 Å². The highest BCUT2D eigenvalue weighted by atomic mass is 16.5. The van der Waals surface area contributed by atoms with Gasteiger partial charge in [0.2, 0.25) is 0 Å². The third-order valence-electron chi connectivity index (χ3n) is 3.11. The van der Waals surface area contributed by atoms with Crippen molar-refractivity contribution in [2.45, 2.75) is 27.4 Å². The van der Waals surface area contributed by atoms with E-state index in [0.717, 1.165) is 22.6 Å². The van der Waals surface area contributed by atoms with Crippen LogP contribution in [0.3, 0.4) is 0 Å². The maximum Gasteiger partial charge on any atom is 0.127 e. The molecule has 0 aromatic heterocycles. The van der Waals surface area contributed by atoms with Gasteiger partial charge in [0.15, 0.2) is 0 Å². The molecule has 2 aromatic rings. The van der Waals surface area contributed by atoms with Crippen LogP contribution in [0.5, 0.6) is 5.75 Å². The first-order valence-electron chi connectivity index (χ1n) is 6.12. The van der Waals surface area contributed by atoms with E-state index < -0.39 is 0 Å². The highest BCUT2D eigenvalue weighted by Crippen LogP contribution is 2.28. The molecule has 18 heavy (non-hydrogen) atoms. The number of aryl methyl sites for hydroxylation is 2. The lowest BCUT2D eigenvalue weighted by Gasteiger charge is -2.14. The fourth-order valence-electron chi connectivity index (χ4n) is 2.02. The second-order valence-corrected chi connectivity index (χ2v) is 4.70. The van der Waals surface area contributed by atoms with Crippen LogP contribution in [0.2, 0.25) is 0 Å². The lowest BCUT2D eigenvalue weighted by molar-refractivity contribution is 0.302. The Morgan fingerprint density at radius 2 is 1.83 bits per heavy atom. The van der Waals surface area contributed by atoms with Crippen LogP contribution in [-0.2, 0) is 6.61 Å². The zero-order valence-corrected chi connectivity index (χ0v) is 11.2. The molecule has 0 saturated heterocycles. The summed E-state index contributed by atoms with van der Waals surface area (Å²) >= 11 is 0. The SMILES string of the molecule is Cc1cccc(COc2c(C)ccc(N)c2C)c1. The summed E-state index contributed by atoms with van der Waals surface area (Å²) in [7, 11) is 0. The molecular formula is C16H19NO. The lowest BCUT2D eigenvalue weighted by atomic mass is 10.1. The molecule has 0 radical (unpaired) electrons. The fraction of sp³-hybridized carbons (Fsp3) is 0.250. The van der Waals surface area contributed by atoms with E-state index in [0.29, 0.717) is 6.61 Å². The van der Waals surface area contributed by atoms with Crippen LogP contribution in [0.15, 0.2) is 36.4 Å². The first kappa shape index (κ1) is 12.5. The Bertz CT molecular complexity index is 561. The predicted molar refractivity (Wildman–Crippen MR) is 75.8 cm³/mol. The van der Waals surface area contributed by atoms with Crippen molar-refractivity contribution in [2.24, 2.45) is 0 Å². The molecule has 0 bridgehead atoms. The van der Waals surface area contributed by atoms with Crippen LogP contribution < -0.4 is 10.5 Å². The van der Waals surface area contributed by atoms with Crippen LogP contribution in [0.25, 0.3) is 0 Å². The van der Waals surface area contributed by atoms with E-state index in [4.69, 9.17) is 10.5 Å². The van der Waals surface area contributed by atoms with Gasteiger partial charge in [-0.1, -0.05) is 35.9 Å². The molecule has 2 nitrogen and oxygen atoms in total. The average Bonchev–Trinajstić information content (AvgIpc) is 2.34. The van der Waals surface area contributed by atoms with Gasteiger partial charge in [-0.25, -0.2) is 0 Å². The molecule has 0 atom stereocenters. The molecule has 2 N–H and O–H groups in total. The molecule has 0 saturated carbocycles. The first-order chi connectivity index (χ1) is 8.58. The zero-order valence-electron chi connectivity index (χ0n) is 11.2. The minimum absolute atomic E-state index is 0.576. The molecule has 0 aliphatic heterocycles. The van der Waals surface area contributed by atoms with Crippen LogP contribution in [-0.4, -0.2) is 0 Å². The lowest BCUT2D eigenvalue weighted by Crippen LogP contribution is -2.01. The van der Waals surface area contributed by atoms with Crippen LogP contribution >= 0.6 is 0 Å². The second kappa shape index (κ2) is 5.13. The molecule has 0 fully saturated rings. The van der Waals surface area contributed by atoms with Gasteiger partial charge in [0, 0.05) is 11.3 Å². The number of rotatable bonds is 3. The van der Waals surface area contributed by atoms with Gasteiger partial charge in [0.25, 0.3) is 0 Å². The summed E-state index contributed by atoms with van der Waals surface area (Å²) in [5.41, 5.74) is 11.2. The third kappa shape index (κ3) is 2.65. The van der Waals surface area contributed by atoms with Crippen molar-refractivity contribution in [2.75, 3.05) is 5.73 Å². The number of hydrogen-bond acceptors (Lipinski definition) is 2. The van der Waals surface area contributed by atoms with Crippen molar-refractivity contribution in [3.63, 3.8) is 0 Å². The average molecular weight is 241 g/mol. The minimum atomic E-state index is 0.576. The number of anilines is 1. The van der Waals surface area contributed by atoms with E-state index in [1.807, 2.05) is 32.0 Å². The summed E-state index contributed by atoms with van der Waals surface area (Å²) in [6.45, 7) is 6.69. The summed E-state index contributed by atoms with van der Waals surface area (Å²) in [5, 5.41) is 0. The van der Waals surface area contributed by atoms with Crippen molar-refractivity contribution >= 4 is 5.69 Å². The summed E-state index contributed by atoms with van der Waals surface area (Å²) < 4.78 is 5.91. The Labute approximate surface area is 108 Å². The summed E-state index contributed by atoms with van der Waals surface area (Å²) in [4.78, 5) is 0. The van der Waals surface area contributed by atoms with Gasteiger partial charge in [-0.2, -0.15) is 0 Å². The Morgan fingerprint density at radius 1 is 1.06 bits per heavy atom. The van der Waals surface area contributed by atoms with Gasteiger partial charge < -0.3 is 10.5 Å². The molecule has 0 unspecified atom stereocenters. The quantitative estimate of drug-likeness (QED) is 0.830. The van der Waals surface area contributed by atoms with E-state index in [-0.39, 0.29) is 0 Å². The monoisotopic (exact) mass is 241 g/mol. The van der Waals surface area contributed by atoms with Gasteiger partial charge >= 0.3 is 0 Å². The summed E-state index contributed by atoms with van der Waals surface area (Å²) in [6, 6.07) is 12.3. The highest BCUT2D eigenvalue weighted by Gasteiger charge is 2.07. The van der Waals surface area contributed by atoms with E-state index >= 15 is 0 Å².